The van der Waals surface area contributed by atoms with E-state index < -0.39 is 0 Å². The third-order valence-electron chi connectivity index (χ3n) is 3.27. The third kappa shape index (κ3) is 5.21. The van der Waals surface area contributed by atoms with Crippen molar-refractivity contribution in [2.24, 2.45) is 0 Å². The maximum atomic E-state index is 12.0. The summed E-state index contributed by atoms with van der Waals surface area (Å²) in [4.78, 5) is 20.1. The molecule has 0 radical (unpaired) electrons. The van der Waals surface area contributed by atoms with E-state index in [0.717, 1.165) is 4.47 Å². The molecule has 8 nitrogen and oxygen atoms in total. The summed E-state index contributed by atoms with van der Waals surface area (Å²) in [6.45, 7) is 0.968. The minimum atomic E-state index is -0.179. The number of nitrogens with one attached hydrogen (secondary N) is 3. The second-order valence-corrected chi connectivity index (χ2v) is 6.13. The van der Waals surface area contributed by atoms with Gasteiger partial charge in [0.2, 0.25) is 0 Å². The molecule has 9 heteroatoms. The van der Waals surface area contributed by atoms with Gasteiger partial charge in [-0.2, -0.15) is 0 Å². The fraction of sp³-hybridized carbons (Fsp3) is 0.118. The van der Waals surface area contributed by atoms with Gasteiger partial charge in [0.15, 0.2) is 5.82 Å². The standard InChI is InChI=1S/C17H16BrN7O/c18-13-9-12(10-19-11-13)17(26)22-8-7-21-15-4-5-16(25-24-15)23-14-3-1-2-6-20-14/h1-6,9-11H,7-8H2,(H,21,24)(H,22,26)(H,20,23,25). The number of hydrogen-bond acceptors (Lipinski definition) is 7. The lowest BCUT2D eigenvalue weighted by atomic mass is 10.3. The van der Waals surface area contributed by atoms with Gasteiger partial charge in [0.1, 0.15) is 11.6 Å². The summed E-state index contributed by atoms with van der Waals surface area (Å²) < 4.78 is 0.762. The molecule has 0 aliphatic heterocycles. The molecule has 0 unspecified atom stereocenters. The van der Waals surface area contributed by atoms with E-state index in [1.54, 1.807) is 30.6 Å². The number of rotatable bonds is 7. The number of halogens is 1. The molecule has 3 heterocycles. The lowest BCUT2D eigenvalue weighted by Crippen LogP contribution is -2.29. The average Bonchev–Trinajstić information content (AvgIpc) is 2.67. The second kappa shape index (κ2) is 8.86. The van der Waals surface area contributed by atoms with E-state index in [1.165, 1.54) is 6.20 Å². The van der Waals surface area contributed by atoms with Gasteiger partial charge in [-0.15, -0.1) is 10.2 Å². The van der Waals surface area contributed by atoms with Gasteiger partial charge in [0.25, 0.3) is 5.91 Å². The van der Waals surface area contributed by atoms with Crippen LogP contribution in [0.1, 0.15) is 10.4 Å². The van der Waals surface area contributed by atoms with Crippen LogP contribution < -0.4 is 16.0 Å². The molecule has 0 saturated heterocycles. The molecule has 0 spiro atoms. The van der Waals surface area contributed by atoms with Gasteiger partial charge in [-0.1, -0.05) is 6.07 Å². The van der Waals surface area contributed by atoms with Crippen LogP contribution in [-0.2, 0) is 0 Å². The Bertz CT molecular complexity index is 859. The van der Waals surface area contributed by atoms with Gasteiger partial charge in [-0.3, -0.25) is 9.78 Å². The number of aromatic nitrogens is 4. The molecule has 3 rings (SSSR count). The Morgan fingerprint density at radius 1 is 1.00 bits per heavy atom. The Morgan fingerprint density at radius 2 is 1.85 bits per heavy atom. The number of nitrogens with zero attached hydrogens (tertiary/aromatic N) is 4. The Balaban J connectivity index is 1.43. The van der Waals surface area contributed by atoms with E-state index in [4.69, 9.17) is 0 Å². The molecular weight excluding hydrogens is 398 g/mol. The van der Waals surface area contributed by atoms with Crippen LogP contribution in [-0.4, -0.2) is 39.2 Å². The first-order valence-electron chi connectivity index (χ1n) is 7.85. The molecule has 0 bridgehead atoms. The maximum Gasteiger partial charge on any atom is 0.252 e. The Morgan fingerprint density at radius 3 is 2.58 bits per heavy atom. The normalized spacial score (nSPS) is 10.2. The highest BCUT2D eigenvalue weighted by Gasteiger charge is 2.05. The lowest BCUT2D eigenvalue weighted by molar-refractivity contribution is 0.0954. The van der Waals surface area contributed by atoms with Gasteiger partial charge in [0, 0.05) is 36.2 Å². The van der Waals surface area contributed by atoms with Crippen molar-refractivity contribution in [3.05, 3.63) is 65.0 Å². The molecule has 132 valence electrons. The summed E-state index contributed by atoms with van der Waals surface area (Å²) in [5, 5.41) is 17.1. The number of pyridine rings is 2. The summed E-state index contributed by atoms with van der Waals surface area (Å²) >= 11 is 3.29. The highest BCUT2D eigenvalue weighted by molar-refractivity contribution is 9.10. The molecule has 0 saturated carbocycles. The van der Waals surface area contributed by atoms with Gasteiger partial charge in [-0.05, 0) is 46.3 Å². The zero-order chi connectivity index (χ0) is 18.2. The Hall–Kier alpha value is -3.07. The summed E-state index contributed by atoms with van der Waals surface area (Å²) in [6.07, 6.45) is 4.85. The second-order valence-electron chi connectivity index (χ2n) is 5.22. The quantitative estimate of drug-likeness (QED) is 0.511. The SMILES string of the molecule is O=C(NCCNc1ccc(Nc2ccccn2)nn1)c1cncc(Br)c1. The van der Waals surface area contributed by atoms with Crippen molar-refractivity contribution < 1.29 is 4.79 Å². The number of carbonyl (C=O) groups excluding carboxylic acids is 1. The molecule has 3 aromatic rings. The summed E-state index contributed by atoms with van der Waals surface area (Å²) in [5.41, 5.74) is 0.504. The first-order valence-corrected chi connectivity index (χ1v) is 8.64. The fourth-order valence-electron chi connectivity index (χ4n) is 2.07. The largest absolute Gasteiger partial charge is 0.367 e. The van der Waals surface area contributed by atoms with Gasteiger partial charge < -0.3 is 16.0 Å². The Kier molecular flexibility index (Phi) is 6.05. The van der Waals surface area contributed by atoms with Gasteiger partial charge in [-0.25, -0.2) is 4.98 Å². The predicted octanol–water partition coefficient (Wildman–Crippen LogP) is 2.61. The van der Waals surface area contributed by atoms with Crippen LogP contribution in [0.4, 0.5) is 17.5 Å². The molecule has 0 aromatic carbocycles. The molecule has 3 aromatic heterocycles. The molecule has 0 atom stereocenters. The van der Waals surface area contributed by atoms with E-state index in [0.29, 0.717) is 36.1 Å². The summed E-state index contributed by atoms with van der Waals surface area (Å²) in [5.74, 6) is 1.74. The fourth-order valence-corrected chi connectivity index (χ4v) is 2.43. The molecule has 0 aliphatic rings. The smallest absolute Gasteiger partial charge is 0.252 e. The van der Waals surface area contributed by atoms with Crippen molar-refractivity contribution in [3.8, 4) is 0 Å². The number of carbonyl (C=O) groups is 1. The third-order valence-corrected chi connectivity index (χ3v) is 3.70. The zero-order valence-corrected chi connectivity index (χ0v) is 15.3. The van der Waals surface area contributed by atoms with Crippen molar-refractivity contribution in [3.63, 3.8) is 0 Å². The average molecular weight is 414 g/mol. The minimum Gasteiger partial charge on any atom is -0.367 e. The highest BCUT2D eigenvalue weighted by Crippen LogP contribution is 2.11. The van der Waals surface area contributed by atoms with Crippen molar-refractivity contribution in [1.29, 1.82) is 0 Å². The molecule has 3 N–H and O–H groups in total. The van der Waals surface area contributed by atoms with E-state index in [2.05, 4.69) is 52.0 Å². The van der Waals surface area contributed by atoms with E-state index >= 15 is 0 Å². The summed E-state index contributed by atoms with van der Waals surface area (Å²) in [6, 6.07) is 10.9. The molecule has 0 aliphatic carbocycles. The number of amides is 1. The van der Waals surface area contributed by atoms with Crippen LogP contribution in [0, 0.1) is 0 Å². The number of hydrogen-bond donors (Lipinski definition) is 3. The van der Waals surface area contributed by atoms with Crippen LogP contribution >= 0.6 is 15.9 Å². The van der Waals surface area contributed by atoms with Crippen molar-refractivity contribution in [1.82, 2.24) is 25.5 Å². The van der Waals surface area contributed by atoms with E-state index in [1.807, 2.05) is 18.2 Å². The summed E-state index contributed by atoms with van der Waals surface area (Å²) in [7, 11) is 0. The minimum absolute atomic E-state index is 0.179. The molecular formula is C17H16BrN7O. The monoisotopic (exact) mass is 413 g/mol. The van der Waals surface area contributed by atoms with Crippen LogP contribution in [0.25, 0.3) is 0 Å². The van der Waals surface area contributed by atoms with E-state index in [-0.39, 0.29) is 5.91 Å². The molecule has 26 heavy (non-hydrogen) atoms. The topological polar surface area (TPSA) is 105 Å². The highest BCUT2D eigenvalue weighted by atomic mass is 79.9. The maximum absolute atomic E-state index is 12.0. The van der Waals surface area contributed by atoms with Crippen LogP contribution in [0.3, 0.4) is 0 Å². The van der Waals surface area contributed by atoms with Crippen LogP contribution in [0.5, 0.6) is 0 Å². The number of anilines is 3. The van der Waals surface area contributed by atoms with Gasteiger partial charge >= 0.3 is 0 Å². The molecule has 0 fully saturated rings. The van der Waals surface area contributed by atoms with Crippen molar-refractivity contribution in [2.45, 2.75) is 0 Å². The van der Waals surface area contributed by atoms with Crippen molar-refractivity contribution >= 4 is 39.3 Å². The zero-order valence-electron chi connectivity index (χ0n) is 13.7. The first-order chi connectivity index (χ1) is 12.7. The predicted molar refractivity (Wildman–Crippen MR) is 102 cm³/mol. The van der Waals surface area contributed by atoms with Crippen LogP contribution in [0.2, 0.25) is 0 Å². The molecule has 1 amide bonds. The van der Waals surface area contributed by atoms with Crippen molar-refractivity contribution in [2.75, 3.05) is 23.7 Å². The van der Waals surface area contributed by atoms with Crippen LogP contribution in [0.15, 0.2) is 59.5 Å². The van der Waals surface area contributed by atoms with Gasteiger partial charge in [0.05, 0.1) is 5.56 Å². The van der Waals surface area contributed by atoms with E-state index in [9.17, 15) is 4.79 Å². The Labute approximate surface area is 158 Å². The lowest BCUT2D eigenvalue weighted by Gasteiger charge is -2.08. The first kappa shape index (κ1) is 17.7.